The molecule has 1 heterocycles. The Balaban J connectivity index is 1.95. The smallest absolute Gasteiger partial charge is 0.176 e. The molecule has 24 heavy (non-hydrogen) atoms. The normalized spacial score (nSPS) is 12.2. The molecule has 1 aromatic heterocycles. The Morgan fingerprint density at radius 1 is 1.21 bits per heavy atom. The van der Waals surface area contributed by atoms with Crippen LogP contribution in [0.1, 0.15) is 21.3 Å². The van der Waals surface area contributed by atoms with Crippen molar-refractivity contribution in [3.05, 3.63) is 46.2 Å². The Morgan fingerprint density at radius 3 is 2.54 bits per heavy atom. The van der Waals surface area contributed by atoms with E-state index >= 15 is 0 Å². The van der Waals surface area contributed by atoms with Crippen LogP contribution in [0.2, 0.25) is 0 Å². The lowest BCUT2D eigenvalue weighted by Crippen LogP contribution is -2.33. The number of nitrogens with one attached hydrogen (secondary N) is 1. The molecule has 1 unspecified atom stereocenters. The standard InChI is InChI=1S/C18H24N2O3S/c1-20(2)14(18-6-5-9-24-18)11-19-12-15(21)13-7-8-16(22-3)17(10-13)23-4/h5-10,14,19H,11-12H2,1-4H3. The van der Waals surface area contributed by atoms with Crippen molar-refractivity contribution in [2.24, 2.45) is 0 Å². The molecule has 5 nitrogen and oxygen atoms in total. The fraction of sp³-hybridized carbons (Fsp3) is 0.389. The predicted octanol–water partition coefficient (Wildman–Crippen LogP) is 2.84. The maximum Gasteiger partial charge on any atom is 0.176 e. The minimum Gasteiger partial charge on any atom is -0.493 e. The van der Waals surface area contributed by atoms with Crippen LogP contribution in [0.3, 0.4) is 0 Å². The number of thiophene rings is 1. The summed E-state index contributed by atoms with van der Waals surface area (Å²) in [5, 5.41) is 5.33. The largest absolute Gasteiger partial charge is 0.493 e. The van der Waals surface area contributed by atoms with Gasteiger partial charge in [0.1, 0.15) is 0 Å². The van der Waals surface area contributed by atoms with Gasteiger partial charge in [-0.1, -0.05) is 6.07 Å². The lowest BCUT2D eigenvalue weighted by atomic mass is 10.1. The SMILES string of the molecule is COc1ccc(C(=O)CNCC(c2cccs2)N(C)C)cc1OC. The number of carbonyl (C=O) groups is 1. The van der Waals surface area contributed by atoms with Gasteiger partial charge in [0.2, 0.25) is 0 Å². The molecule has 2 rings (SSSR count). The zero-order chi connectivity index (χ0) is 17.5. The topological polar surface area (TPSA) is 50.8 Å². The van der Waals surface area contributed by atoms with Gasteiger partial charge in [0.25, 0.3) is 0 Å². The van der Waals surface area contributed by atoms with E-state index in [1.807, 2.05) is 20.2 Å². The van der Waals surface area contributed by atoms with E-state index in [1.54, 1.807) is 43.8 Å². The van der Waals surface area contributed by atoms with Crippen LogP contribution in [0, 0.1) is 0 Å². The lowest BCUT2D eigenvalue weighted by molar-refractivity contribution is 0.0988. The highest BCUT2D eigenvalue weighted by atomic mass is 32.1. The molecule has 1 aromatic carbocycles. The summed E-state index contributed by atoms with van der Waals surface area (Å²) in [6, 6.07) is 9.64. The highest BCUT2D eigenvalue weighted by Crippen LogP contribution is 2.27. The third-order valence-corrected chi connectivity index (χ3v) is 4.80. The van der Waals surface area contributed by atoms with Gasteiger partial charge in [0, 0.05) is 17.0 Å². The van der Waals surface area contributed by atoms with Crippen LogP contribution >= 0.6 is 11.3 Å². The van der Waals surface area contributed by atoms with Crippen LogP contribution < -0.4 is 14.8 Å². The zero-order valence-electron chi connectivity index (χ0n) is 14.5. The fourth-order valence-electron chi connectivity index (χ4n) is 2.45. The van der Waals surface area contributed by atoms with Crippen LogP contribution in [0.15, 0.2) is 35.7 Å². The molecule has 0 bridgehead atoms. The van der Waals surface area contributed by atoms with Crippen molar-refractivity contribution in [3.8, 4) is 11.5 Å². The molecule has 0 amide bonds. The number of hydrogen-bond donors (Lipinski definition) is 1. The van der Waals surface area contributed by atoms with Gasteiger partial charge < -0.3 is 19.7 Å². The number of nitrogens with zero attached hydrogens (tertiary/aromatic N) is 1. The van der Waals surface area contributed by atoms with Gasteiger partial charge in [-0.15, -0.1) is 11.3 Å². The van der Waals surface area contributed by atoms with Crippen molar-refractivity contribution in [2.75, 3.05) is 41.4 Å². The average molecular weight is 348 g/mol. The fourth-order valence-corrected chi connectivity index (χ4v) is 3.38. The maximum atomic E-state index is 12.4. The Labute approximate surface area is 147 Å². The molecule has 2 aromatic rings. The Bertz CT molecular complexity index is 656. The van der Waals surface area contributed by atoms with Gasteiger partial charge in [-0.3, -0.25) is 4.79 Å². The minimum atomic E-state index is 0.0274. The molecule has 0 saturated heterocycles. The summed E-state index contributed by atoms with van der Waals surface area (Å²) in [4.78, 5) is 15.8. The Kier molecular flexibility index (Phi) is 6.78. The average Bonchev–Trinajstić information content (AvgIpc) is 3.11. The predicted molar refractivity (Wildman–Crippen MR) is 97.5 cm³/mol. The van der Waals surface area contributed by atoms with E-state index < -0.39 is 0 Å². The van der Waals surface area contributed by atoms with Crippen LogP contribution in [0.4, 0.5) is 0 Å². The van der Waals surface area contributed by atoms with Gasteiger partial charge >= 0.3 is 0 Å². The molecule has 1 N–H and O–H groups in total. The second kappa shape index (κ2) is 8.82. The third kappa shape index (κ3) is 4.56. The molecule has 0 saturated carbocycles. The summed E-state index contributed by atoms with van der Waals surface area (Å²) in [7, 11) is 7.23. The first-order valence-corrected chi connectivity index (χ1v) is 8.60. The molecular formula is C18H24N2O3S. The molecule has 0 radical (unpaired) electrons. The van der Waals surface area contributed by atoms with Gasteiger partial charge in [0.05, 0.1) is 26.8 Å². The van der Waals surface area contributed by atoms with Gasteiger partial charge in [-0.2, -0.15) is 0 Å². The van der Waals surface area contributed by atoms with Crippen LogP contribution in [0.25, 0.3) is 0 Å². The van der Waals surface area contributed by atoms with E-state index in [-0.39, 0.29) is 18.4 Å². The van der Waals surface area contributed by atoms with Crippen molar-refractivity contribution in [3.63, 3.8) is 0 Å². The third-order valence-electron chi connectivity index (χ3n) is 3.82. The number of carbonyl (C=O) groups excluding carboxylic acids is 1. The summed E-state index contributed by atoms with van der Waals surface area (Å²) >= 11 is 1.73. The van der Waals surface area contributed by atoms with E-state index in [1.165, 1.54) is 4.88 Å². The number of likely N-dealkylation sites (N-methyl/N-ethyl adjacent to an activating group) is 1. The molecule has 0 spiro atoms. The van der Waals surface area contributed by atoms with Crippen molar-refractivity contribution < 1.29 is 14.3 Å². The Morgan fingerprint density at radius 2 is 1.96 bits per heavy atom. The number of Topliss-reactive ketones (excluding diaryl/α,β-unsaturated/α-hetero) is 1. The molecule has 6 heteroatoms. The lowest BCUT2D eigenvalue weighted by Gasteiger charge is -2.23. The van der Waals surface area contributed by atoms with E-state index in [2.05, 4.69) is 21.7 Å². The zero-order valence-corrected chi connectivity index (χ0v) is 15.4. The summed E-state index contributed by atoms with van der Waals surface area (Å²) in [5.74, 6) is 1.21. The molecule has 0 fully saturated rings. The highest BCUT2D eigenvalue weighted by Gasteiger charge is 2.16. The van der Waals surface area contributed by atoms with Crippen molar-refractivity contribution in [1.82, 2.24) is 10.2 Å². The number of rotatable bonds is 9. The van der Waals surface area contributed by atoms with E-state index in [0.717, 1.165) is 0 Å². The van der Waals surface area contributed by atoms with Crippen LogP contribution in [0.5, 0.6) is 11.5 Å². The molecule has 0 aliphatic heterocycles. The summed E-state index contributed by atoms with van der Waals surface area (Å²) < 4.78 is 10.4. The van der Waals surface area contributed by atoms with E-state index in [9.17, 15) is 4.79 Å². The summed E-state index contributed by atoms with van der Waals surface area (Å²) in [6.07, 6.45) is 0. The number of benzene rings is 1. The number of ketones is 1. The second-order valence-corrected chi connectivity index (χ2v) is 6.60. The minimum absolute atomic E-state index is 0.0274. The monoisotopic (exact) mass is 348 g/mol. The van der Waals surface area contributed by atoms with Crippen molar-refractivity contribution in [2.45, 2.75) is 6.04 Å². The molecule has 130 valence electrons. The number of hydrogen-bond acceptors (Lipinski definition) is 6. The first-order chi connectivity index (χ1) is 11.6. The maximum absolute atomic E-state index is 12.4. The van der Waals surface area contributed by atoms with E-state index in [0.29, 0.717) is 23.6 Å². The number of ether oxygens (including phenoxy) is 2. The van der Waals surface area contributed by atoms with E-state index in [4.69, 9.17) is 9.47 Å². The molecule has 0 aliphatic rings. The van der Waals surface area contributed by atoms with Gasteiger partial charge in [-0.25, -0.2) is 0 Å². The molecule has 0 aliphatic carbocycles. The second-order valence-electron chi connectivity index (χ2n) is 5.62. The Hall–Kier alpha value is -1.89. The highest BCUT2D eigenvalue weighted by molar-refractivity contribution is 7.10. The van der Waals surface area contributed by atoms with Crippen LogP contribution in [-0.2, 0) is 0 Å². The van der Waals surface area contributed by atoms with Crippen molar-refractivity contribution >= 4 is 17.1 Å². The molecule has 1 atom stereocenters. The first kappa shape index (κ1) is 18.4. The van der Waals surface area contributed by atoms with Crippen molar-refractivity contribution in [1.29, 1.82) is 0 Å². The van der Waals surface area contributed by atoms with Gasteiger partial charge in [-0.05, 0) is 43.7 Å². The summed E-state index contributed by atoms with van der Waals surface area (Å²) in [6.45, 7) is 0.998. The number of methoxy groups -OCH3 is 2. The first-order valence-electron chi connectivity index (χ1n) is 7.72. The van der Waals surface area contributed by atoms with Gasteiger partial charge in [0.15, 0.2) is 17.3 Å². The molecular weight excluding hydrogens is 324 g/mol. The van der Waals surface area contributed by atoms with Crippen LogP contribution in [-0.4, -0.2) is 52.1 Å². The quantitative estimate of drug-likeness (QED) is 0.706. The summed E-state index contributed by atoms with van der Waals surface area (Å²) in [5.41, 5.74) is 0.609.